The van der Waals surface area contributed by atoms with Gasteiger partial charge < -0.3 is 0 Å². The molecule has 1 aromatic carbocycles. The van der Waals surface area contributed by atoms with E-state index >= 15 is 0 Å². The summed E-state index contributed by atoms with van der Waals surface area (Å²) in [6.45, 7) is 0. The van der Waals surface area contributed by atoms with Gasteiger partial charge in [0.15, 0.2) is 0 Å². The van der Waals surface area contributed by atoms with Crippen LogP contribution in [0.2, 0.25) is 0 Å². The molecular weight excluding hydrogens is 372 g/mol. The first-order chi connectivity index (χ1) is 10.5. The molecule has 0 spiro atoms. The van der Waals surface area contributed by atoms with Crippen molar-refractivity contribution in [2.45, 2.75) is 53.5 Å². The molecule has 120 valence electrons. The Kier molecular flexibility index (Phi) is 6.19. The first-order valence-corrected chi connectivity index (χ1v) is 9.02. The van der Waals surface area contributed by atoms with Crippen LogP contribution in [0.1, 0.15) is 38.5 Å². The van der Waals surface area contributed by atoms with Crippen molar-refractivity contribution in [2.75, 3.05) is 0 Å². The molecule has 8 heteroatoms. The van der Waals surface area contributed by atoms with Gasteiger partial charge in [-0.15, -0.1) is 11.8 Å². The van der Waals surface area contributed by atoms with Crippen LogP contribution in [0.25, 0.3) is 0 Å². The minimum atomic E-state index is -0.607. The normalized spacial score (nSPS) is 22.6. The molecule has 0 heterocycles. The minimum Gasteiger partial charge on any atom is -0.258 e. The van der Waals surface area contributed by atoms with Crippen LogP contribution < -0.4 is 0 Å². The molecule has 1 saturated carbocycles. The van der Waals surface area contributed by atoms with Gasteiger partial charge in [0.25, 0.3) is 11.4 Å². The van der Waals surface area contributed by atoms with Gasteiger partial charge in [-0.05, 0) is 18.9 Å². The van der Waals surface area contributed by atoms with Crippen molar-refractivity contribution in [1.29, 1.82) is 0 Å². The Hall–Kier alpha value is -1.15. The molecule has 0 bridgehead atoms. The molecule has 2 rings (SSSR count). The molecule has 1 aliphatic carbocycles. The highest BCUT2D eigenvalue weighted by Gasteiger charge is 2.26. The number of hydrogen-bond donors (Lipinski definition) is 0. The van der Waals surface area contributed by atoms with E-state index < -0.39 is 9.85 Å². The van der Waals surface area contributed by atoms with Crippen molar-refractivity contribution >= 4 is 39.1 Å². The van der Waals surface area contributed by atoms with Gasteiger partial charge in [0.2, 0.25) is 0 Å². The molecule has 2 atom stereocenters. The van der Waals surface area contributed by atoms with Crippen molar-refractivity contribution in [2.24, 2.45) is 0 Å². The third kappa shape index (κ3) is 4.42. The Morgan fingerprint density at radius 1 is 1.05 bits per heavy atom. The van der Waals surface area contributed by atoms with Crippen LogP contribution in [-0.4, -0.2) is 19.9 Å². The Bertz CT molecular complexity index is 570. The summed E-state index contributed by atoms with van der Waals surface area (Å²) in [6, 6.07) is 3.88. The molecule has 0 aliphatic heterocycles. The smallest absolute Gasteiger partial charge is 0.258 e. The van der Waals surface area contributed by atoms with Crippen LogP contribution in [0.4, 0.5) is 11.4 Å². The maximum Gasteiger partial charge on any atom is 0.289 e. The molecule has 0 aromatic heterocycles. The minimum absolute atomic E-state index is 0.180. The maximum absolute atomic E-state index is 11.2. The van der Waals surface area contributed by atoms with Crippen molar-refractivity contribution in [3.8, 4) is 0 Å². The lowest BCUT2D eigenvalue weighted by molar-refractivity contribution is -0.396. The molecule has 22 heavy (non-hydrogen) atoms. The number of hydrogen-bond acceptors (Lipinski definition) is 5. The lowest BCUT2D eigenvalue weighted by Gasteiger charge is -2.24. The largest absolute Gasteiger partial charge is 0.289 e. The van der Waals surface area contributed by atoms with Crippen LogP contribution in [-0.2, 0) is 0 Å². The second kappa shape index (κ2) is 7.92. The fraction of sp³-hybridized carbons (Fsp3) is 0.571. The van der Waals surface area contributed by atoms with Crippen LogP contribution in [0.15, 0.2) is 23.1 Å². The zero-order valence-electron chi connectivity index (χ0n) is 11.9. The Morgan fingerprint density at radius 3 is 2.36 bits per heavy atom. The number of alkyl halides is 1. The zero-order valence-corrected chi connectivity index (χ0v) is 14.3. The van der Waals surface area contributed by atoms with Crippen molar-refractivity contribution in [3.05, 3.63) is 38.4 Å². The van der Waals surface area contributed by atoms with E-state index in [1.165, 1.54) is 36.7 Å². The molecule has 1 aliphatic rings. The highest BCUT2D eigenvalue weighted by molar-refractivity contribution is 9.09. The van der Waals surface area contributed by atoms with E-state index in [1.807, 2.05) is 0 Å². The SMILES string of the molecule is O=[N+]([O-])c1ccc(S[C@H]2CCCCCC[C@@H]2Br)c([N+](=O)[O-])c1. The maximum atomic E-state index is 11.2. The van der Waals surface area contributed by atoms with Crippen LogP contribution in [0, 0.1) is 20.2 Å². The average Bonchev–Trinajstić information content (AvgIpc) is 2.46. The Balaban J connectivity index is 2.23. The summed E-state index contributed by atoms with van der Waals surface area (Å²) in [7, 11) is 0. The van der Waals surface area contributed by atoms with Gasteiger partial charge in [-0.2, -0.15) is 0 Å². The first kappa shape index (κ1) is 17.2. The van der Waals surface area contributed by atoms with Crippen LogP contribution in [0.3, 0.4) is 0 Å². The molecule has 1 fully saturated rings. The van der Waals surface area contributed by atoms with Crippen molar-refractivity contribution in [1.82, 2.24) is 0 Å². The topological polar surface area (TPSA) is 86.3 Å². The number of nitrogens with zero attached hydrogens (tertiary/aromatic N) is 2. The standard InChI is InChI=1S/C14H17BrN2O4S/c15-11-5-3-1-2-4-6-13(11)22-14-8-7-10(16(18)19)9-12(14)17(20)21/h7-9,11,13H,1-6H2/t11-,13-/m0/s1. The molecular formula is C14H17BrN2O4S. The predicted octanol–water partition coefficient (Wildman–Crippen LogP) is 5.08. The van der Waals surface area contributed by atoms with E-state index in [1.54, 1.807) is 0 Å². The number of nitro groups is 2. The number of nitro benzene ring substituents is 2. The van der Waals surface area contributed by atoms with E-state index in [4.69, 9.17) is 0 Å². The number of halogens is 1. The number of rotatable bonds is 4. The lowest BCUT2D eigenvalue weighted by Crippen LogP contribution is -2.19. The third-order valence-corrected chi connectivity index (χ3v) is 6.66. The molecule has 0 saturated heterocycles. The molecule has 6 nitrogen and oxygen atoms in total. The second-order valence-corrected chi connectivity index (χ2v) is 7.79. The summed E-state index contributed by atoms with van der Waals surface area (Å²) < 4.78 is 0. The quantitative estimate of drug-likeness (QED) is 0.407. The van der Waals surface area contributed by atoms with Crippen molar-refractivity contribution < 1.29 is 9.85 Å². The van der Waals surface area contributed by atoms with Gasteiger partial charge in [0, 0.05) is 16.1 Å². The highest BCUT2D eigenvalue weighted by atomic mass is 79.9. The third-order valence-electron chi connectivity index (χ3n) is 3.75. The number of benzene rings is 1. The van der Waals surface area contributed by atoms with Gasteiger partial charge in [-0.1, -0.05) is 41.6 Å². The molecule has 1 aromatic rings. The molecule has 0 amide bonds. The predicted molar refractivity (Wildman–Crippen MR) is 89.8 cm³/mol. The van der Waals surface area contributed by atoms with E-state index in [-0.39, 0.29) is 16.6 Å². The summed E-state index contributed by atoms with van der Waals surface area (Å²) in [5, 5.41) is 22.2. The fourth-order valence-corrected chi connectivity index (χ4v) is 4.77. The van der Waals surface area contributed by atoms with Crippen LogP contribution in [0.5, 0.6) is 0 Å². The fourth-order valence-electron chi connectivity index (χ4n) is 2.56. The summed E-state index contributed by atoms with van der Waals surface area (Å²) in [6.07, 6.45) is 6.75. The first-order valence-electron chi connectivity index (χ1n) is 7.22. The van der Waals surface area contributed by atoms with E-state index in [0.717, 1.165) is 31.7 Å². The number of non-ortho nitro benzene ring substituents is 1. The summed E-state index contributed by atoms with van der Waals surface area (Å²) in [5.41, 5.74) is -0.426. The number of thioether (sulfide) groups is 1. The monoisotopic (exact) mass is 388 g/mol. The summed E-state index contributed by atoms with van der Waals surface area (Å²) in [4.78, 5) is 21.7. The Labute approximate surface area is 141 Å². The van der Waals surface area contributed by atoms with E-state index in [0.29, 0.717) is 9.72 Å². The average molecular weight is 389 g/mol. The Morgan fingerprint density at radius 2 is 1.73 bits per heavy atom. The second-order valence-electron chi connectivity index (χ2n) is 5.33. The lowest BCUT2D eigenvalue weighted by atomic mass is 10.0. The van der Waals surface area contributed by atoms with Gasteiger partial charge >= 0.3 is 0 Å². The summed E-state index contributed by atoms with van der Waals surface area (Å²) in [5.74, 6) is 0. The molecule has 0 N–H and O–H groups in total. The molecule has 0 radical (unpaired) electrons. The van der Waals surface area contributed by atoms with Gasteiger partial charge in [-0.25, -0.2) is 0 Å². The van der Waals surface area contributed by atoms with Gasteiger partial charge in [0.05, 0.1) is 20.8 Å². The van der Waals surface area contributed by atoms with Crippen molar-refractivity contribution in [3.63, 3.8) is 0 Å². The van der Waals surface area contributed by atoms with E-state index in [9.17, 15) is 20.2 Å². The molecule has 0 unspecified atom stereocenters. The van der Waals surface area contributed by atoms with Gasteiger partial charge in [0.1, 0.15) is 0 Å². The van der Waals surface area contributed by atoms with Crippen LogP contribution >= 0.6 is 27.7 Å². The van der Waals surface area contributed by atoms with E-state index in [2.05, 4.69) is 15.9 Å². The summed E-state index contributed by atoms with van der Waals surface area (Å²) >= 11 is 5.16. The van der Waals surface area contributed by atoms with Gasteiger partial charge in [-0.3, -0.25) is 20.2 Å². The zero-order chi connectivity index (χ0) is 16.1. The highest BCUT2D eigenvalue weighted by Crippen LogP contribution is 2.40.